The van der Waals surface area contributed by atoms with Crippen molar-refractivity contribution in [2.75, 3.05) is 0 Å². The minimum Gasteiger partial charge on any atom is -0.508 e. The summed E-state index contributed by atoms with van der Waals surface area (Å²) in [6.07, 6.45) is -5.22. The highest BCUT2D eigenvalue weighted by Crippen LogP contribution is 2.22. The van der Waals surface area contributed by atoms with E-state index in [2.05, 4.69) is 6.58 Å². The maximum atomic E-state index is 12.0. The Labute approximate surface area is 79.5 Å². The average molecular weight is 202 g/mol. The number of aliphatic hydroxyl groups excluding tert-OH is 1. The normalized spacial score (nSPS) is 11.4. The van der Waals surface area contributed by atoms with Crippen molar-refractivity contribution in [3.8, 4) is 0 Å². The standard InChI is InChI=1S/C10H9F3O/c1-7(14)9-4-2-3-8(5-9)6-10(11,12)13/h2-5,14H,1,6H2. The summed E-state index contributed by atoms with van der Waals surface area (Å²) in [5.74, 6) is -0.228. The van der Waals surface area contributed by atoms with Crippen LogP contribution < -0.4 is 0 Å². The molecule has 0 aromatic heterocycles. The van der Waals surface area contributed by atoms with E-state index in [4.69, 9.17) is 5.11 Å². The molecule has 1 aromatic rings. The molecule has 1 nitrogen and oxygen atoms in total. The summed E-state index contributed by atoms with van der Waals surface area (Å²) in [6, 6.07) is 5.59. The number of benzene rings is 1. The second-order valence-corrected chi connectivity index (χ2v) is 2.94. The van der Waals surface area contributed by atoms with Gasteiger partial charge in [0.15, 0.2) is 0 Å². The second kappa shape index (κ2) is 3.74. The third-order valence-corrected chi connectivity index (χ3v) is 1.66. The summed E-state index contributed by atoms with van der Waals surface area (Å²) >= 11 is 0. The van der Waals surface area contributed by atoms with Crippen LogP contribution in [0.3, 0.4) is 0 Å². The Morgan fingerprint density at radius 3 is 2.50 bits per heavy atom. The first-order valence-corrected chi connectivity index (χ1v) is 3.92. The zero-order valence-corrected chi connectivity index (χ0v) is 7.30. The van der Waals surface area contributed by atoms with Crippen LogP contribution in [0, 0.1) is 0 Å². The SMILES string of the molecule is C=C(O)c1cccc(CC(F)(F)F)c1. The van der Waals surface area contributed by atoms with E-state index in [1.807, 2.05) is 0 Å². The molecule has 14 heavy (non-hydrogen) atoms. The fraction of sp³-hybridized carbons (Fsp3) is 0.200. The molecule has 4 heteroatoms. The van der Waals surface area contributed by atoms with E-state index in [0.717, 1.165) is 0 Å². The van der Waals surface area contributed by atoms with Crippen LogP contribution in [0.2, 0.25) is 0 Å². The lowest BCUT2D eigenvalue weighted by Gasteiger charge is -2.07. The van der Waals surface area contributed by atoms with E-state index in [-0.39, 0.29) is 11.3 Å². The van der Waals surface area contributed by atoms with Gasteiger partial charge in [-0.25, -0.2) is 0 Å². The summed E-state index contributed by atoms with van der Waals surface area (Å²) in [6.45, 7) is 3.24. The average Bonchev–Trinajstić information content (AvgIpc) is 2.01. The first-order chi connectivity index (χ1) is 6.38. The molecule has 0 atom stereocenters. The highest BCUT2D eigenvalue weighted by Gasteiger charge is 2.27. The molecule has 0 fully saturated rings. The fourth-order valence-corrected chi connectivity index (χ4v) is 1.09. The van der Waals surface area contributed by atoms with Crippen LogP contribution >= 0.6 is 0 Å². The van der Waals surface area contributed by atoms with E-state index >= 15 is 0 Å². The van der Waals surface area contributed by atoms with Crippen LogP contribution in [0.1, 0.15) is 11.1 Å². The van der Waals surface area contributed by atoms with E-state index in [1.165, 1.54) is 24.3 Å². The Bertz CT molecular complexity index is 341. The number of hydrogen-bond acceptors (Lipinski definition) is 1. The van der Waals surface area contributed by atoms with Gasteiger partial charge in [-0.15, -0.1) is 0 Å². The van der Waals surface area contributed by atoms with Crippen LogP contribution in [-0.2, 0) is 6.42 Å². The Hall–Kier alpha value is -1.45. The number of rotatable bonds is 2. The Morgan fingerprint density at radius 1 is 1.36 bits per heavy atom. The lowest BCUT2D eigenvalue weighted by molar-refractivity contribution is -0.127. The molecule has 0 amide bonds. The summed E-state index contributed by atoms with van der Waals surface area (Å²) < 4.78 is 36.0. The number of hydrogen-bond donors (Lipinski definition) is 1. The van der Waals surface area contributed by atoms with E-state index < -0.39 is 12.6 Å². The second-order valence-electron chi connectivity index (χ2n) is 2.94. The van der Waals surface area contributed by atoms with Crippen LogP contribution in [0.4, 0.5) is 13.2 Å². The van der Waals surface area contributed by atoms with Crippen molar-refractivity contribution in [2.24, 2.45) is 0 Å². The van der Waals surface area contributed by atoms with Crippen molar-refractivity contribution < 1.29 is 18.3 Å². The lowest BCUT2D eigenvalue weighted by atomic mass is 10.1. The van der Waals surface area contributed by atoms with Crippen LogP contribution in [0.15, 0.2) is 30.8 Å². The van der Waals surface area contributed by atoms with Gasteiger partial charge in [0.05, 0.1) is 6.42 Å². The Morgan fingerprint density at radius 2 is 2.00 bits per heavy atom. The monoisotopic (exact) mass is 202 g/mol. The molecule has 0 radical (unpaired) electrons. The third-order valence-electron chi connectivity index (χ3n) is 1.66. The Balaban J connectivity index is 2.89. The van der Waals surface area contributed by atoms with Gasteiger partial charge in [0.1, 0.15) is 5.76 Å². The molecule has 0 bridgehead atoms. The van der Waals surface area contributed by atoms with Gasteiger partial charge in [-0.1, -0.05) is 24.8 Å². The molecule has 1 N–H and O–H groups in total. The fourth-order valence-electron chi connectivity index (χ4n) is 1.09. The molecule has 1 rings (SSSR count). The van der Waals surface area contributed by atoms with Gasteiger partial charge >= 0.3 is 6.18 Å². The van der Waals surface area contributed by atoms with E-state index in [9.17, 15) is 13.2 Å². The van der Waals surface area contributed by atoms with E-state index in [0.29, 0.717) is 5.56 Å². The molecular formula is C10H9F3O. The maximum absolute atomic E-state index is 12.0. The molecule has 1 aromatic carbocycles. The smallest absolute Gasteiger partial charge is 0.393 e. The van der Waals surface area contributed by atoms with Gasteiger partial charge in [-0.3, -0.25) is 0 Å². The zero-order valence-electron chi connectivity index (χ0n) is 7.30. The molecule has 0 unspecified atom stereocenters. The van der Waals surface area contributed by atoms with Crippen molar-refractivity contribution in [1.82, 2.24) is 0 Å². The van der Waals surface area contributed by atoms with Crippen molar-refractivity contribution in [3.63, 3.8) is 0 Å². The van der Waals surface area contributed by atoms with Gasteiger partial charge < -0.3 is 5.11 Å². The van der Waals surface area contributed by atoms with Crippen molar-refractivity contribution in [1.29, 1.82) is 0 Å². The quantitative estimate of drug-likeness (QED) is 0.729. The molecular weight excluding hydrogens is 193 g/mol. The molecule has 0 aliphatic rings. The van der Waals surface area contributed by atoms with Crippen molar-refractivity contribution in [3.05, 3.63) is 42.0 Å². The van der Waals surface area contributed by atoms with E-state index in [1.54, 1.807) is 0 Å². The molecule has 0 spiro atoms. The first kappa shape index (κ1) is 10.6. The molecule has 0 saturated carbocycles. The van der Waals surface area contributed by atoms with Crippen molar-refractivity contribution >= 4 is 5.76 Å². The molecule has 0 aliphatic carbocycles. The minimum atomic E-state index is -4.23. The summed E-state index contributed by atoms with van der Waals surface area (Å²) in [5, 5.41) is 8.97. The lowest BCUT2D eigenvalue weighted by Crippen LogP contribution is -2.11. The predicted molar refractivity (Wildman–Crippen MR) is 47.9 cm³/mol. The summed E-state index contributed by atoms with van der Waals surface area (Å²) in [7, 11) is 0. The topological polar surface area (TPSA) is 20.2 Å². The minimum absolute atomic E-state index is 0.116. The van der Waals surface area contributed by atoms with Gasteiger partial charge in [0.2, 0.25) is 0 Å². The highest BCUT2D eigenvalue weighted by atomic mass is 19.4. The maximum Gasteiger partial charge on any atom is 0.393 e. The third kappa shape index (κ3) is 3.12. The van der Waals surface area contributed by atoms with Crippen LogP contribution in [0.5, 0.6) is 0 Å². The summed E-state index contributed by atoms with van der Waals surface area (Å²) in [4.78, 5) is 0. The number of alkyl halides is 3. The summed E-state index contributed by atoms with van der Waals surface area (Å²) in [5.41, 5.74) is 0.428. The van der Waals surface area contributed by atoms with Gasteiger partial charge in [-0.05, 0) is 11.6 Å². The van der Waals surface area contributed by atoms with Crippen molar-refractivity contribution in [2.45, 2.75) is 12.6 Å². The van der Waals surface area contributed by atoms with Crippen LogP contribution in [0.25, 0.3) is 5.76 Å². The molecule has 76 valence electrons. The van der Waals surface area contributed by atoms with Gasteiger partial charge in [0.25, 0.3) is 0 Å². The van der Waals surface area contributed by atoms with Crippen LogP contribution in [-0.4, -0.2) is 11.3 Å². The number of halogens is 3. The number of aliphatic hydroxyl groups is 1. The molecule has 0 saturated heterocycles. The van der Waals surface area contributed by atoms with Gasteiger partial charge in [-0.2, -0.15) is 13.2 Å². The largest absolute Gasteiger partial charge is 0.508 e. The van der Waals surface area contributed by atoms with Gasteiger partial charge in [0, 0.05) is 5.56 Å². The Kier molecular flexibility index (Phi) is 2.84. The molecule has 0 aliphatic heterocycles. The molecule has 0 heterocycles. The predicted octanol–water partition coefficient (Wildman–Crippen LogP) is 3.32. The zero-order chi connectivity index (χ0) is 10.8. The first-order valence-electron chi connectivity index (χ1n) is 3.92. The highest BCUT2D eigenvalue weighted by molar-refractivity contribution is 5.56.